The molecule has 0 fully saturated rings. The molecule has 0 spiro atoms. The first-order chi connectivity index (χ1) is 4.83. The predicted octanol–water partition coefficient (Wildman–Crippen LogP) is 0.946. The lowest BCUT2D eigenvalue weighted by Crippen LogP contribution is -1.76. The molecule has 1 rings (SSSR count). The summed E-state index contributed by atoms with van der Waals surface area (Å²) in [5.74, 6) is 2.99. The van der Waals surface area contributed by atoms with Crippen molar-refractivity contribution in [2.45, 2.75) is 12.8 Å². The van der Waals surface area contributed by atoms with E-state index in [1.807, 2.05) is 0 Å². The summed E-state index contributed by atoms with van der Waals surface area (Å²) < 4.78 is 4.67. The standard InChI is InChI=1S/C7H7NO2/c1-2-3-4-6-5-7(9)8-10-6/h1,5H,3-4H2,(H,8,9). The van der Waals surface area contributed by atoms with Crippen LogP contribution in [0.2, 0.25) is 0 Å². The van der Waals surface area contributed by atoms with E-state index in [0.717, 1.165) is 0 Å². The molecule has 3 heteroatoms. The molecule has 0 saturated heterocycles. The van der Waals surface area contributed by atoms with Crippen molar-refractivity contribution < 1.29 is 9.63 Å². The zero-order valence-electron chi connectivity index (χ0n) is 5.37. The molecule has 0 bridgehead atoms. The minimum atomic E-state index is -0.0907. The summed E-state index contributed by atoms with van der Waals surface area (Å²) in [5, 5.41) is 12.0. The maximum absolute atomic E-state index is 8.70. The smallest absolute Gasteiger partial charge is 0.251 e. The van der Waals surface area contributed by atoms with Gasteiger partial charge in [-0.3, -0.25) is 0 Å². The number of rotatable bonds is 2. The van der Waals surface area contributed by atoms with E-state index >= 15 is 0 Å². The van der Waals surface area contributed by atoms with Gasteiger partial charge in [-0.25, -0.2) is 0 Å². The number of nitrogens with zero attached hydrogens (tertiary/aromatic N) is 1. The van der Waals surface area contributed by atoms with Crippen LogP contribution < -0.4 is 0 Å². The van der Waals surface area contributed by atoms with Crippen molar-refractivity contribution in [2.75, 3.05) is 0 Å². The Balaban J connectivity index is 2.52. The van der Waals surface area contributed by atoms with Crippen molar-refractivity contribution in [3.8, 4) is 18.2 Å². The molecule has 0 aliphatic carbocycles. The second kappa shape index (κ2) is 2.92. The Morgan fingerprint density at radius 2 is 2.60 bits per heavy atom. The van der Waals surface area contributed by atoms with Gasteiger partial charge in [-0.1, -0.05) is 0 Å². The Labute approximate surface area is 58.6 Å². The molecule has 3 nitrogen and oxygen atoms in total. The van der Waals surface area contributed by atoms with E-state index in [9.17, 15) is 0 Å². The van der Waals surface area contributed by atoms with Crippen LogP contribution in [0.25, 0.3) is 0 Å². The van der Waals surface area contributed by atoms with Crippen LogP contribution >= 0.6 is 0 Å². The van der Waals surface area contributed by atoms with E-state index in [-0.39, 0.29) is 5.88 Å². The average molecular weight is 137 g/mol. The first-order valence-corrected chi connectivity index (χ1v) is 2.91. The highest BCUT2D eigenvalue weighted by Crippen LogP contribution is 2.09. The van der Waals surface area contributed by atoms with Gasteiger partial charge in [0, 0.05) is 18.9 Å². The molecule has 1 heterocycles. The third-order valence-corrected chi connectivity index (χ3v) is 1.06. The second-order valence-corrected chi connectivity index (χ2v) is 1.86. The summed E-state index contributed by atoms with van der Waals surface area (Å²) in [5.41, 5.74) is 0. The number of hydrogen-bond acceptors (Lipinski definition) is 3. The molecule has 0 aromatic carbocycles. The molecule has 10 heavy (non-hydrogen) atoms. The Morgan fingerprint density at radius 1 is 1.80 bits per heavy atom. The number of hydrogen-bond donors (Lipinski definition) is 1. The quantitative estimate of drug-likeness (QED) is 0.617. The highest BCUT2D eigenvalue weighted by molar-refractivity contribution is 5.09. The number of aromatic nitrogens is 1. The third-order valence-electron chi connectivity index (χ3n) is 1.06. The number of terminal acetylenes is 1. The Kier molecular flexibility index (Phi) is 1.96. The highest BCUT2D eigenvalue weighted by atomic mass is 16.5. The lowest BCUT2D eigenvalue weighted by Gasteiger charge is -1.83. The number of aryl methyl sites for hydroxylation is 1. The predicted molar refractivity (Wildman–Crippen MR) is 35.3 cm³/mol. The van der Waals surface area contributed by atoms with E-state index in [1.165, 1.54) is 6.07 Å². The van der Waals surface area contributed by atoms with Crippen LogP contribution in [-0.4, -0.2) is 10.3 Å². The lowest BCUT2D eigenvalue weighted by atomic mass is 10.2. The largest absolute Gasteiger partial charge is 0.491 e. The molecule has 0 atom stereocenters. The van der Waals surface area contributed by atoms with Crippen LogP contribution in [-0.2, 0) is 6.42 Å². The summed E-state index contributed by atoms with van der Waals surface area (Å²) in [6.45, 7) is 0. The molecule has 52 valence electrons. The summed E-state index contributed by atoms with van der Waals surface area (Å²) in [4.78, 5) is 0. The SMILES string of the molecule is C#CCCc1cc(O)no1. The van der Waals surface area contributed by atoms with Crippen molar-refractivity contribution in [3.05, 3.63) is 11.8 Å². The Morgan fingerprint density at radius 3 is 3.10 bits per heavy atom. The molecule has 0 saturated carbocycles. The fourth-order valence-electron chi connectivity index (χ4n) is 0.615. The van der Waals surface area contributed by atoms with Crippen molar-refractivity contribution in [1.82, 2.24) is 5.16 Å². The van der Waals surface area contributed by atoms with E-state index < -0.39 is 0 Å². The fraction of sp³-hybridized carbons (Fsp3) is 0.286. The molecule has 0 amide bonds. The molecule has 0 unspecified atom stereocenters. The van der Waals surface area contributed by atoms with Gasteiger partial charge in [-0.05, 0) is 5.16 Å². The third kappa shape index (κ3) is 1.52. The molecule has 1 N–H and O–H groups in total. The van der Waals surface area contributed by atoms with E-state index in [4.69, 9.17) is 11.5 Å². The molecular formula is C7H7NO2. The van der Waals surface area contributed by atoms with Gasteiger partial charge in [-0.2, -0.15) is 0 Å². The Hall–Kier alpha value is -1.43. The topological polar surface area (TPSA) is 46.3 Å². The van der Waals surface area contributed by atoms with Gasteiger partial charge >= 0.3 is 0 Å². The van der Waals surface area contributed by atoms with Crippen LogP contribution in [0, 0.1) is 12.3 Å². The van der Waals surface area contributed by atoms with Crippen LogP contribution in [0.1, 0.15) is 12.2 Å². The minimum absolute atomic E-state index is 0.0907. The molecular weight excluding hydrogens is 130 g/mol. The van der Waals surface area contributed by atoms with Gasteiger partial charge in [0.05, 0.1) is 0 Å². The second-order valence-electron chi connectivity index (χ2n) is 1.86. The highest BCUT2D eigenvalue weighted by Gasteiger charge is 1.99. The molecule has 1 aromatic rings. The summed E-state index contributed by atoms with van der Waals surface area (Å²) in [6.07, 6.45) is 6.24. The van der Waals surface area contributed by atoms with Gasteiger partial charge in [0.2, 0.25) is 0 Å². The van der Waals surface area contributed by atoms with Gasteiger partial charge < -0.3 is 9.63 Å². The zero-order valence-corrected chi connectivity index (χ0v) is 5.37. The van der Waals surface area contributed by atoms with Gasteiger partial charge in [0.25, 0.3) is 5.88 Å². The Bertz CT molecular complexity index is 246. The van der Waals surface area contributed by atoms with Gasteiger partial charge in [0.15, 0.2) is 0 Å². The van der Waals surface area contributed by atoms with E-state index in [1.54, 1.807) is 0 Å². The van der Waals surface area contributed by atoms with Crippen LogP contribution in [0.15, 0.2) is 10.6 Å². The van der Waals surface area contributed by atoms with Crippen molar-refractivity contribution in [1.29, 1.82) is 0 Å². The van der Waals surface area contributed by atoms with E-state index in [0.29, 0.717) is 18.6 Å². The normalized spacial score (nSPS) is 9.10. The zero-order chi connectivity index (χ0) is 7.40. The van der Waals surface area contributed by atoms with Crippen LogP contribution in [0.3, 0.4) is 0 Å². The van der Waals surface area contributed by atoms with Crippen molar-refractivity contribution in [2.24, 2.45) is 0 Å². The molecule has 0 aliphatic heterocycles. The van der Waals surface area contributed by atoms with Crippen molar-refractivity contribution in [3.63, 3.8) is 0 Å². The summed E-state index contributed by atoms with van der Waals surface area (Å²) in [7, 11) is 0. The van der Waals surface area contributed by atoms with Gasteiger partial charge in [0.1, 0.15) is 5.76 Å². The molecule has 0 aliphatic rings. The fourth-order valence-corrected chi connectivity index (χ4v) is 0.615. The summed E-state index contributed by atoms with van der Waals surface area (Å²) >= 11 is 0. The molecule has 0 radical (unpaired) electrons. The average Bonchev–Trinajstić information content (AvgIpc) is 2.31. The monoisotopic (exact) mass is 137 g/mol. The maximum Gasteiger partial charge on any atom is 0.251 e. The first-order valence-electron chi connectivity index (χ1n) is 2.91. The van der Waals surface area contributed by atoms with Crippen LogP contribution in [0.5, 0.6) is 5.88 Å². The number of aromatic hydroxyl groups is 1. The maximum atomic E-state index is 8.70. The van der Waals surface area contributed by atoms with Crippen LogP contribution in [0.4, 0.5) is 0 Å². The van der Waals surface area contributed by atoms with E-state index in [2.05, 4.69) is 15.6 Å². The lowest BCUT2D eigenvalue weighted by molar-refractivity contribution is 0.342. The van der Waals surface area contributed by atoms with Crippen molar-refractivity contribution >= 4 is 0 Å². The minimum Gasteiger partial charge on any atom is -0.491 e. The molecule has 1 aromatic heterocycles. The first kappa shape index (κ1) is 6.69. The van der Waals surface area contributed by atoms with Gasteiger partial charge in [-0.15, -0.1) is 12.3 Å². The summed E-state index contributed by atoms with van der Waals surface area (Å²) in [6, 6.07) is 1.46.